The Kier molecular flexibility index (Phi) is 7.45. The first kappa shape index (κ1) is 36.5. The summed E-state index contributed by atoms with van der Waals surface area (Å²) in [6.45, 7) is 5.04. The highest BCUT2D eigenvalue weighted by atomic mass is 16.6. The van der Waals surface area contributed by atoms with Gasteiger partial charge in [0.15, 0.2) is 17.5 Å². The van der Waals surface area contributed by atoms with Crippen LogP contribution in [0.2, 0.25) is 0 Å². The molecule has 294 valence electrons. The minimum Gasteiger partial charge on any atom is -0.466 e. The average Bonchev–Trinajstić information content (AvgIpc) is 4.06. The number of esters is 5. The van der Waals surface area contributed by atoms with E-state index in [1.165, 1.54) is 19.9 Å². The summed E-state index contributed by atoms with van der Waals surface area (Å²) < 4.78 is 27.9. The number of hydrogen-bond donors (Lipinski definition) is 4. The zero-order valence-corrected chi connectivity index (χ0v) is 31.1. The maximum atomic E-state index is 14.6. The van der Waals surface area contributed by atoms with Crippen LogP contribution in [-0.4, -0.2) is 112 Å². The van der Waals surface area contributed by atoms with Crippen LogP contribution in [0.3, 0.4) is 0 Å². The van der Waals surface area contributed by atoms with E-state index in [0.717, 1.165) is 7.11 Å². The van der Waals surface area contributed by atoms with E-state index in [2.05, 4.69) is 0 Å². The summed E-state index contributed by atoms with van der Waals surface area (Å²) in [4.78, 5) is 81.0. The Morgan fingerprint density at radius 1 is 0.909 bits per heavy atom. The van der Waals surface area contributed by atoms with Crippen LogP contribution in [0, 0.1) is 46.3 Å². The second kappa shape index (κ2) is 11.2. The van der Waals surface area contributed by atoms with Gasteiger partial charge in [-0.05, 0) is 85.8 Å². The first-order valence-electron chi connectivity index (χ1n) is 18.9. The summed E-state index contributed by atoms with van der Waals surface area (Å²) >= 11 is 0. The number of aliphatic hydroxyl groups is 4. The third kappa shape index (κ3) is 4.30. The van der Waals surface area contributed by atoms with Crippen molar-refractivity contribution >= 4 is 35.6 Å². The highest BCUT2D eigenvalue weighted by Crippen LogP contribution is 2.84. The van der Waals surface area contributed by atoms with Crippen molar-refractivity contribution in [3.8, 4) is 0 Å². The Bertz CT molecular complexity index is 2060. The molecule has 2 heterocycles. The van der Waals surface area contributed by atoms with Gasteiger partial charge in [0, 0.05) is 39.5 Å². The van der Waals surface area contributed by atoms with Gasteiger partial charge in [-0.3, -0.25) is 9.59 Å². The van der Waals surface area contributed by atoms with Crippen molar-refractivity contribution in [2.75, 3.05) is 26.9 Å². The van der Waals surface area contributed by atoms with Crippen molar-refractivity contribution in [3.05, 3.63) is 45.1 Å². The topological polar surface area (TPSA) is 229 Å². The van der Waals surface area contributed by atoms with Crippen LogP contribution in [0.1, 0.15) is 59.8 Å². The number of rotatable bonds is 1. The molecule has 2 aliphatic heterocycles. The monoisotopic (exact) mass is 764 g/mol. The zero-order chi connectivity index (χ0) is 39.5. The summed E-state index contributed by atoms with van der Waals surface area (Å²) in [6, 6.07) is 0. The first-order chi connectivity index (χ1) is 25.8. The zero-order valence-electron chi connectivity index (χ0n) is 31.1. The van der Waals surface area contributed by atoms with Crippen molar-refractivity contribution in [3.63, 3.8) is 0 Å². The lowest BCUT2D eigenvalue weighted by Crippen LogP contribution is -2.67. The van der Waals surface area contributed by atoms with E-state index in [1.807, 2.05) is 6.92 Å². The fraction of sp³-hybridized carbons (Fsp3) is 0.650. The smallest absolute Gasteiger partial charge is 0.338 e. The van der Waals surface area contributed by atoms with Gasteiger partial charge in [0.05, 0.1) is 24.7 Å². The molecule has 0 aromatic heterocycles. The Morgan fingerprint density at radius 2 is 1.62 bits per heavy atom. The molecular weight excluding hydrogens is 720 g/mol. The van der Waals surface area contributed by atoms with Gasteiger partial charge in [0.1, 0.15) is 31.5 Å². The second-order valence-electron chi connectivity index (χ2n) is 17.5. The van der Waals surface area contributed by atoms with Crippen LogP contribution in [-0.2, 0) is 52.5 Å². The maximum absolute atomic E-state index is 14.6. The van der Waals surface area contributed by atoms with Crippen molar-refractivity contribution in [1.29, 1.82) is 0 Å². The van der Waals surface area contributed by atoms with Gasteiger partial charge in [0.2, 0.25) is 0 Å². The maximum Gasteiger partial charge on any atom is 0.338 e. The third-order valence-corrected chi connectivity index (χ3v) is 15.4. The summed E-state index contributed by atoms with van der Waals surface area (Å²) in [5.41, 5.74) is -6.87. The summed E-state index contributed by atoms with van der Waals surface area (Å²) in [6.07, 6.45) is -2.04. The summed E-state index contributed by atoms with van der Waals surface area (Å²) in [5.74, 6) is -8.20. The quantitative estimate of drug-likeness (QED) is 0.162. The molecular formula is C40H44O15. The van der Waals surface area contributed by atoms with Gasteiger partial charge >= 0.3 is 29.8 Å². The van der Waals surface area contributed by atoms with Gasteiger partial charge in [-0.1, -0.05) is 13.8 Å². The van der Waals surface area contributed by atoms with Gasteiger partial charge in [-0.2, -0.15) is 0 Å². The first-order valence-corrected chi connectivity index (χ1v) is 18.9. The fourth-order valence-corrected chi connectivity index (χ4v) is 12.7. The highest BCUT2D eigenvalue weighted by Gasteiger charge is 2.86. The molecule has 1 spiro atoms. The van der Waals surface area contributed by atoms with Crippen LogP contribution >= 0.6 is 0 Å². The van der Waals surface area contributed by atoms with E-state index in [4.69, 9.17) is 23.7 Å². The molecule has 13 atom stereocenters. The normalized spacial score (nSPS) is 48.7. The standard InChI is InChI=1S/C40H44O15/c1-15-6-7-52-35(48)23(41)11-26(42)53-13-17-18-10-24-36(3,19-8-22(19)39(24,50)14-54-32(15)45)25-12-38(49)21-9-20(21)37(4)30(38)28(40(18,25)55-34(17)47)27(29(43)31(37)44)16(2)33(46)51-5/h6,19-25,31,41,44,49-50H,7-14H2,1-5H3/b15-6+,27-16-/t19-,20-,21+,22+,23?,24-,25+,31+,36+,37+,38+,39+,40+/m1/s1. The lowest BCUT2D eigenvalue weighted by Gasteiger charge is -2.63. The van der Waals surface area contributed by atoms with E-state index >= 15 is 0 Å². The average molecular weight is 765 g/mol. The number of carbonyl (C=O) groups excluding carboxylic acids is 6. The number of cyclic esters (lactones) is 3. The molecule has 15 heteroatoms. The fourth-order valence-electron chi connectivity index (χ4n) is 12.7. The molecule has 9 aliphatic rings. The van der Waals surface area contributed by atoms with Gasteiger partial charge in [-0.25, -0.2) is 19.2 Å². The molecule has 0 saturated heterocycles. The SMILES string of the molecule is COC(=O)/C(C)=C1\C(=O)[C@H](O)[C@]2(C)C3=C1[C@]14OC(=O)C5=C1C[C@H]1[C@](O)(COC(=O)/C(C)=C/COC(=O)C(O)CC(=O)OC5)[C@H]5C[C@H]5[C@]1(C)[C@@H]4C[C@]3(O)[C@H]1C[C@H]12. The Balaban J connectivity index is 1.29. The predicted octanol–water partition coefficient (Wildman–Crippen LogP) is 0.463. The lowest BCUT2D eigenvalue weighted by molar-refractivity contribution is -0.186. The number of aliphatic hydroxyl groups excluding tert-OH is 2. The van der Waals surface area contributed by atoms with E-state index in [0.29, 0.717) is 18.4 Å². The molecule has 5 fully saturated rings. The third-order valence-electron chi connectivity index (χ3n) is 15.4. The molecule has 55 heavy (non-hydrogen) atoms. The highest BCUT2D eigenvalue weighted by molar-refractivity contribution is 6.12. The van der Waals surface area contributed by atoms with Crippen LogP contribution in [0.5, 0.6) is 0 Å². The Hall–Kier alpha value is -4.18. The molecule has 7 aliphatic carbocycles. The van der Waals surface area contributed by atoms with Crippen LogP contribution in [0.15, 0.2) is 45.1 Å². The van der Waals surface area contributed by atoms with Gasteiger partial charge in [0.25, 0.3) is 0 Å². The van der Waals surface area contributed by atoms with Gasteiger partial charge in [-0.15, -0.1) is 0 Å². The molecule has 0 radical (unpaired) electrons. The molecule has 5 saturated carbocycles. The molecule has 2 bridgehead atoms. The van der Waals surface area contributed by atoms with Crippen molar-refractivity contribution < 1.29 is 72.9 Å². The number of carbonyl (C=O) groups is 6. The van der Waals surface area contributed by atoms with Crippen molar-refractivity contribution in [2.45, 2.75) is 88.8 Å². The number of fused-ring (bicyclic) bond motifs is 7. The molecule has 0 aromatic rings. The minimum atomic E-state index is -1.92. The van der Waals surface area contributed by atoms with Crippen LogP contribution < -0.4 is 0 Å². The molecule has 15 nitrogen and oxygen atoms in total. The molecule has 4 N–H and O–H groups in total. The van der Waals surface area contributed by atoms with E-state index < -0.39 is 114 Å². The molecule has 0 amide bonds. The molecule has 0 aromatic carbocycles. The predicted molar refractivity (Wildman–Crippen MR) is 181 cm³/mol. The number of hydrogen-bond acceptors (Lipinski definition) is 15. The summed E-state index contributed by atoms with van der Waals surface area (Å²) in [5, 5.41) is 48.1. The molecule has 9 rings (SSSR count). The second-order valence-corrected chi connectivity index (χ2v) is 17.5. The number of Topliss-reactive ketones (excluding diaryl/α,β-unsaturated/α-hetero) is 1. The number of methoxy groups -OCH3 is 1. The largest absolute Gasteiger partial charge is 0.466 e. The Morgan fingerprint density at radius 3 is 2.33 bits per heavy atom. The number of ketones is 1. The van der Waals surface area contributed by atoms with Crippen molar-refractivity contribution in [1.82, 2.24) is 0 Å². The van der Waals surface area contributed by atoms with Crippen LogP contribution in [0.25, 0.3) is 0 Å². The van der Waals surface area contributed by atoms with Crippen LogP contribution in [0.4, 0.5) is 0 Å². The van der Waals surface area contributed by atoms with E-state index in [1.54, 1.807) is 6.92 Å². The minimum absolute atomic E-state index is 0.0279. The van der Waals surface area contributed by atoms with E-state index in [9.17, 15) is 49.2 Å². The van der Waals surface area contributed by atoms with Crippen molar-refractivity contribution in [2.24, 2.45) is 46.3 Å². The van der Waals surface area contributed by atoms with E-state index in [-0.39, 0.29) is 70.0 Å². The Labute approximate surface area is 315 Å². The summed E-state index contributed by atoms with van der Waals surface area (Å²) in [7, 11) is 1.15. The number of ether oxygens (including phenoxy) is 5. The molecule has 1 unspecified atom stereocenters. The lowest BCUT2D eigenvalue weighted by atomic mass is 9.43. The van der Waals surface area contributed by atoms with Gasteiger partial charge < -0.3 is 44.1 Å².